The average Bonchev–Trinajstić information content (AvgIpc) is 2.79. The van der Waals surface area contributed by atoms with Gasteiger partial charge in [-0.2, -0.15) is 4.31 Å². The Hall–Kier alpha value is -2.71. The third-order valence-corrected chi connectivity index (χ3v) is 8.09. The van der Waals surface area contributed by atoms with E-state index < -0.39 is 22.6 Å². The Labute approximate surface area is 190 Å². The normalized spacial score (nSPS) is 15.4. The molecule has 0 aromatic heterocycles. The molecule has 3 rings (SSSR count). The molecule has 0 aliphatic carbocycles. The number of amides is 1. The maximum absolute atomic E-state index is 13.3. The summed E-state index contributed by atoms with van der Waals surface area (Å²) in [5.41, 5.74) is 2.09. The first-order valence-corrected chi connectivity index (χ1v) is 12.2. The maximum atomic E-state index is 13.3. The Morgan fingerprint density at radius 1 is 1.09 bits per heavy atom. The number of benzene rings is 2. The highest BCUT2D eigenvalue weighted by molar-refractivity contribution is 7.89. The summed E-state index contributed by atoms with van der Waals surface area (Å²) in [6, 6.07) is 12.0. The van der Waals surface area contributed by atoms with Gasteiger partial charge in [0.2, 0.25) is 10.0 Å². The van der Waals surface area contributed by atoms with Crippen LogP contribution in [0.3, 0.4) is 0 Å². The lowest BCUT2D eigenvalue weighted by atomic mass is 10.0. The number of para-hydroxylation sites is 1. The van der Waals surface area contributed by atoms with Gasteiger partial charge in [-0.15, -0.1) is 0 Å². The molecule has 32 heavy (non-hydrogen) atoms. The average molecular weight is 459 g/mol. The van der Waals surface area contributed by atoms with E-state index in [4.69, 9.17) is 4.74 Å². The summed E-state index contributed by atoms with van der Waals surface area (Å²) in [4.78, 5) is 26.6. The fourth-order valence-electron chi connectivity index (χ4n) is 3.68. The van der Waals surface area contributed by atoms with Gasteiger partial charge in [-0.1, -0.05) is 25.1 Å². The lowest BCUT2D eigenvalue weighted by Crippen LogP contribution is -2.38. The van der Waals surface area contributed by atoms with Gasteiger partial charge in [0.1, 0.15) is 0 Å². The van der Waals surface area contributed by atoms with E-state index >= 15 is 0 Å². The molecule has 1 amide bonds. The van der Waals surface area contributed by atoms with Gasteiger partial charge in [0.15, 0.2) is 6.61 Å². The Bertz CT molecular complexity index is 1090. The van der Waals surface area contributed by atoms with E-state index in [1.165, 1.54) is 15.3 Å². The highest BCUT2D eigenvalue weighted by Gasteiger charge is 2.30. The number of carbonyl (C=O) groups is 2. The molecule has 0 atom stereocenters. The maximum Gasteiger partial charge on any atom is 0.338 e. The summed E-state index contributed by atoms with van der Waals surface area (Å²) in [6.07, 6.45) is 1.63. The molecule has 0 spiro atoms. The number of anilines is 1. The first-order valence-electron chi connectivity index (χ1n) is 10.7. The second-order valence-electron chi connectivity index (χ2n) is 8.37. The molecule has 1 fully saturated rings. The van der Waals surface area contributed by atoms with Crippen molar-refractivity contribution >= 4 is 27.6 Å². The standard InChI is InChI=1S/C24H30N2O5S/c1-17-10-12-26(13-11-17)32(29,30)22-15-20(14-18(2)19(22)3)24(28)31-16-23(27)25(4)21-8-6-5-7-9-21/h5-9,14-15,17H,10-13,16H2,1-4H3. The van der Waals surface area contributed by atoms with Gasteiger partial charge in [-0.05, 0) is 68.0 Å². The lowest BCUT2D eigenvalue weighted by molar-refractivity contribution is -0.121. The van der Waals surface area contributed by atoms with E-state index in [0.29, 0.717) is 35.8 Å². The third-order valence-electron chi connectivity index (χ3n) is 6.06. The zero-order valence-electron chi connectivity index (χ0n) is 19.0. The van der Waals surface area contributed by atoms with Crippen LogP contribution in [-0.2, 0) is 19.6 Å². The largest absolute Gasteiger partial charge is 0.452 e. The molecule has 0 unspecified atom stereocenters. The summed E-state index contributed by atoms with van der Waals surface area (Å²) in [5.74, 6) is -0.618. The van der Waals surface area contributed by atoms with E-state index in [-0.39, 0.29) is 16.4 Å². The number of ether oxygens (including phenoxy) is 1. The van der Waals surface area contributed by atoms with Crippen LogP contribution in [0.15, 0.2) is 47.4 Å². The van der Waals surface area contributed by atoms with Crippen LogP contribution in [-0.4, -0.2) is 51.3 Å². The molecular formula is C24H30N2O5S. The predicted molar refractivity (Wildman–Crippen MR) is 123 cm³/mol. The van der Waals surface area contributed by atoms with Crippen LogP contribution in [0.1, 0.15) is 41.3 Å². The van der Waals surface area contributed by atoms with E-state index in [1.807, 2.05) is 18.2 Å². The van der Waals surface area contributed by atoms with Crippen LogP contribution < -0.4 is 4.90 Å². The highest BCUT2D eigenvalue weighted by atomic mass is 32.2. The number of hydrogen-bond acceptors (Lipinski definition) is 5. The summed E-state index contributed by atoms with van der Waals surface area (Å²) in [7, 11) is -2.12. The Balaban J connectivity index is 1.76. The molecular weight excluding hydrogens is 428 g/mol. The Kier molecular flexibility index (Phi) is 7.36. The first kappa shape index (κ1) is 23.9. The van der Waals surface area contributed by atoms with Crippen molar-refractivity contribution < 1.29 is 22.7 Å². The number of rotatable bonds is 6. The van der Waals surface area contributed by atoms with Crippen LogP contribution in [0.4, 0.5) is 5.69 Å². The van der Waals surface area contributed by atoms with Crippen LogP contribution in [0.2, 0.25) is 0 Å². The second kappa shape index (κ2) is 9.83. The van der Waals surface area contributed by atoms with E-state index in [2.05, 4.69) is 6.92 Å². The minimum absolute atomic E-state index is 0.117. The number of likely N-dealkylation sites (N-methyl/N-ethyl adjacent to an activating group) is 1. The third kappa shape index (κ3) is 5.19. The zero-order chi connectivity index (χ0) is 23.5. The fraction of sp³-hybridized carbons (Fsp3) is 0.417. The topological polar surface area (TPSA) is 84.0 Å². The Morgan fingerprint density at radius 3 is 2.34 bits per heavy atom. The number of piperidine rings is 1. The van der Waals surface area contributed by atoms with Crippen molar-refractivity contribution in [3.8, 4) is 0 Å². The summed E-state index contributed by atoms with van der Waals surface area (Å²) in [6.45, 7) is 6.11. The molecule has 2 aromatic rings. The van der Waals surface area contributed by atoms with Crippen molar-refractivity contribution in [3.63, 3.8) is 0 Å². The van der Waals surface area contributed by atoms with Crippen molar-refractivity contribution in [1.82, 2.24) is 4.31 Å². The van der Waals surface area contributed by atoms with Crippen LogP contribution in [0.5, 0.6) is 0 Å². The molecule has 0 bridgehead atoms. The molecule has 0 saturated carbocycles. The van der Waals surface area contributed by atoms with Crippen LogP contribution in [0.25, 0.3) is 0 Å². The van der Waals surface area contributed by atoms with Gasteiger partial charge in [0.05, 0.1) is 10.5 Å². The van der Waals surface area contributed by atoms with Crippen molar-refractivity contribution in [2.75, 3.05) is 31.6 Å². The molecule has 8 heteroatoms. The number of carbonyl (C=O) groups excluding carboxylic acids is 2. The summed E-state index contributed by atoms with van der Waals surface area (Å²) in [5, 5.41) is 0. The SMILES string of the molecule is Cc1cc(C(=O)OCC(=O)N(C)c2ccccc2)cc(S(=O)(=O)N2CCC(C)CC2)c1C. The van der Waals surface area contributed by atoms with Crippen molar-refractivity contribution in [2.45, 2.75) is 38.5 Å². The number of aryl methyl sites for hydroxylation is 1. The second-order valence-corrected chi connectivity index (χ2v) is 10.3. The zero-order valence-corrected chi connectivity index (χ0v) is 19.8. The number of nitrogens with zero attached hydrogens (tertiary/aromatic N) is 2. The molecule has 172 valence electrons. The monoisotopic (exact) mass is 458 g/mol. The number of esters is 1. The van der Waals surface area contributed by atoms with E-state index in [0.717, 1.165) is 12.8 Å². The van der Waals surface area contributed by atoms with Gasteiger partial charge in [-0.3, -0.25) is 4.79 Å². The van der Waals surface area contributed by atoms with Crippen molar-refractivity contribution in [1.29, 1.82) is 0 Å². The predicted octanol–water partition coefficient (Wildman–Crippen LogP) is 3.54. The molecule has 1 saturated heterocycles. The van der Waals surface area contributed by atoms with E-state index in [9.17, 15) is 18.0 Å². The van der Waals surface area contributed by atoms with Crippen LogP contribution in [0, 0.1) is 19.8 Å². The fourth-order valence-corrected chi connectivity index (χ4v) is 5.47. The van der Waals surface area contributed by atoms with Gasteiger partial charge >= 0.3 is 5.97 Å². The number of sulfonamides is 1. The van der Waals surface area contributed by atoms with Gasteiger partial charge in [0, 0.05) is 25.8 Å². The first-order chi connectivity index (χ1) is 15.1. The van der Waals surface area contributed by atoms with Gasteiger partial charge < -0.3 is 9.64 Å². The van der Waals surface area contributed by atoms with Crippen molar-refractivity contribution in [2.24, 2.45) is 5.92 Å². The quantitative estimate of drug-likeness (QED) is 0.618. The highest BCUT2D eigenvalue weighted by Crippen LogP contribution is 2.28. The molecule has 0 N–H and O–H groups in total. The van der Waals surface area contributed by atoms with Gasteiger partial charge in [-0.25, -0.2) is 13.2 Å². The summed E-state index contributed by atoms with van der Waals surface area (Å²) >= 11 is 0. The molecule has 1 aliphatic heterocycles. The minimum Gasteiger partial charge on any atom is -0.452 e. The molecule has 0 radical (unpaired) electrons. The number of hydrogen-bond donors (Lipinski definition) is 0. The van der Waals surface area contributed by atoms with Crippen LogP contribution >= 0.6 is 0 Å². The molecule has 1 aliphatic rings. The molecule has 1 heterocycles. The van der Waals surface area contributed by atoms with Crippen molar-refractivity contribution in [3.05, 3.63) is 59.2 Å². The molecule has 7 nitrogen and oxygen atoms in total. The Morgan fingerprint density at radius 2 is 1.72 bits per heavy atom. The lowest BCUT2D eigenvalue weighted by Gasteiger charge is -2.30. The minimum atomic E-state index is -3.73. The van der Waals surface area contributed by atoms with Gasteiger partial charge in [0.25, 0.3) is 5.91 Å². The molecule has 2 aromatic carbocycles. The smallest absolute Gasteiger partial charge is 0.338 e. The summed E-state index contributed by atoms with van der Waals surface area (Å²) < 4.78 is 33.2. The van der Waals surface area contributed by atoms with E-state index in [1.54, 1.807) is 39.1 Å².